The number of hydrogen-bond donors (Lipinski definition) is 0. The number of halogens is 1. The van der Waals surface area contributed by atoms with Gasteiger partial charge in [0.15, 0.2) is 5.15 Å². The molecule has 2 rings (SSSR count). The van der Waals surface area contributed by atoms with Crippen LogP contribution < -0.4 is 0 Å². The van der Waals surface area contributed by atoms with Gasteiger partial charge >= 0.3 is 0 Å². The Morgan fingerprint density at radius 2 is 2.31 bits per heavy atom. The van der Waals surface area contributed by atoms with Crippen molar-refractivity contribution < 1.29 is 1.37 Å². The van der Waals surface area contributed by atoms with Crippen molar-refractivity contribution >= 4 is 22.6 Å². The monoisotopic (exact) mass is 196 g/mol. The third-order valence-corrected chi connectivity index (χ3v) is 2.20. The maximum Gasteiger partial charge on any atom is 0.154 e. The van der Waals surface area contributed by atoms with Crippen molar-refractivity contribution in [2.45, 2.75) is 19.9 Å². The Morgan fingerprint density at radius 1 is 1.54 bits per heavy atom. The SMILES string of the molecule is [2H]c1cc2ncn(C(C)C)c2c(Cl)n1. The van der Waals surface area contributed by atoms with Crippen LogP contribution in [-0.4, -0.2) is 14.5 Å². The fourth-order valence-electron chi connectivity index (χ4n) is 1.29. The van der Waals surface area contributed by atoms with Crippen molar-refractivity contribution in [1.82, 2.24) is 14.5 Å². The Kier molecular flexibility index (Phi) is 1.69. The molecule has 0 aromatic carbocycles. The van der Waals surface area contributed by atoms with Gasteiger partial charge in [-0.05, 0) is 19.9 Å². The smallest absolute Gasteiger partial charge is 0.154 e. The summed E-state index contributed by atoms with van der Waals surface area (Å²) in [5.41, 5.74) is 1.53. The van der Waals surface area contributed by atoms with Gasteiger partial charge in [-0.3, -0.25) is 0 Å². The molecular formula is C9H10ClN3. The molecule has 0 bridgehead atoms. The number of aromatic nitrogens is 3. The lowest BCUT2D eigenvalue weighted by molar-refractivity contribution is 0.617. The quantitative estimate of drug-likeness (QED) is 0.657. The van der Waals surface area contributed by atoms with Gasteiger partial charge in [0.2, 0.25) is 0 Å². The van der Waals surface area contributed by atoms with E-state index >= 15 is 0 Å². The van der Waals surface area contributed by atoms with Crippen LogP contribution in [0.3, 0.4) is 0 Å². The molecule has 0 N–H and O–H groups in total. The largest absolute Gasteiger partial charge is 0.326 e. The molecule has 0 saturated heterocycles. The van der Waals surface area contributed by atoms with Crippen LogP contribution in [0.5, 0.6) is 0 Å². The second-order valence-electron chi connectivity index (χ2n) is 3.16. The zero-order valence-electron chi connectivity index (χ0n) is 8.45. The van der Waals surface area contributed by atoms with Gasteiger partial charge in [-0.25, -0.2) is 9.97 Å². The molecule has 0 aliphatic rings. The van der Waals surface area contributed by atoms with Crippen molar-refractivity contribution in [1.29, 1.82) is 0 Å². The molecule has 0 radical (unpaired) electrons. The average Bonchev–Trinajstić information content (AvgIpc) is 2.47. The number of fused-ring (bicyclic) bond motifs is 1. The highest BCUT2D eigenvalue weighted by Crippen LogP contribution is 2.22. The summed E-state index contributed by atoms with van der Waals surface area (Å²) in [6, 6.07) is 1.90. The molecule has 0 fully saturated rings. The van der Waals surface area contributed by atoms with Gasteiger partial charge in [-0.2, -0.15) is 0 Å². The number of hydrogen-bond acceptors (Lipinski definition) is 2. The zero-order chi connectivity index (χ0) is 10.3. The van der Waals surface area contributed by atoms with Crippen LogP contribution in [0.1, 0.15) is 21.3 Å². The lowest BCUT2D eigenvalue weighted by Crippen LogP contribution is -1.98. The van der Waals surface area contributed by atoms with Crippen LogP contribution in [0.25, 0.3) is 11.0 Å². The van der Waals surface area contributed by atoms with E-state index in [0.29, 0.717) is 5.15 Å². The van der Waals surface area contributed by atoms with E-state index in [-0.39, 0.29) is 12.2 Å². The van der Waals surface area contributed by atoms with Crippen LogP contribution in [0.15, 0.2) is 18.6 Å². The Bertz CT molecular complexity index is 478. The minimum absolute atomic E-state index is 0.150. The van der Waals surface area contributed by atoms with Crippen LogP contribution in [0.4, 0.5) is 0 Å². The Balaban J connectivity index is 2.79. The Morgan fingerprint density at radius 3 is 3.00 bits per heavy atom. The van der Waals surface area contributed by atoms with E-state index in [9.17, 15) is 0 Å². The Hall–Kier alpha value is -1.09. The van der Waals surface area contributed by atoms with E-state index in [1.165, 1.54) is 0 Å². The van der Waals surface area contributed by atoms with Crippen LogP contribution in [0, 0.1) is 0 Å². The molecule has 3 nitrogen and oxygen atoms in total. The number of nitrogens with zero attached hydrogens (tertiary/aromatic N) is 3. The van der Waals surface area contributed by atoms with E-state index in [1.54, 1.807) is 12.4 Å². The topological polar surface area (TPSA) is 30.7 Å². The lowest BCUT2D eigenvalue weighted by Gasteiger charge is -2.07. The first kappa shape index (κ1) is 7.33. The minimum atomic E-state index is 0.150. The normalized spacial score (nSPS) is 12.5. The van der Waals surface area contributed by atoms with E-state index in [1.807, 2.05) is 18.4 Å². The highest BCUT2D eigenvalue weighted by atomic mass is 35.5. The van der Waals surface area contributed by atoms with Crippen molar-refractivity contribution in [3.63, 3.8) is 0 Å². The highest BCUT2D eigenvalue weighted by molar-refractivity contribution is 6.33. The van der Waals surface area contributed by atoms with E-state index < -0.39 is 0 Å². The van der Waals surface area contributed by atoms with Crippen LogP contribution in [0.2, 0.25) is 5.15 Å². The molecule has 0 amide bonds. The summed E-state index contributed by atoms with van der Waals surface area (Å²) in [5.74, 6) is 0. The first-order valence-electron chi connectivity index (χ1n) is 4.59. The molecule has 2 heterocycles. The van der Waals surface area contributed by atoms with Crippen molar-refractivity contribution in [3.05, 3.63) is 23.7 Å². The maximum absolute atomic E-state index is 7.39. The predicted octanol–water partition coefficient (Wildman–Crippen LogP) is 2.67. The second-order valence-corrected chi connectivity index (χ2v) is 3.51. The third kappa shape index (κ3) is 1.29. The molecule has 0 aliphatic heterocycles. The summed E-state index contributed by atoms with van der Waals surface area (Å²) in [6.45, 7) is 4.10. The minimum Gasteiger partial charge on any atom is -0.326 e. The standard InChI is InChI=1S/C9H10ClN3/c1-6(2)13-5-12-7-3-4-11-9(10)8(7)13/h3-6H,1-2H3/i4D. The fourth-order valence-corrected chi connectivity index (χ4v) is 1.53. The van der Waals surface area contributed by atoms with Gasteiger partial charge in [0.05, 0.1) is 13.2 Å². The molecule has 2 aromatic rings. The van der Waals surface area contributed by atoms with E-state index in [0.717, 1.165) is 11.0 Å². The molecule has 13 heavy (non-hydrogen) atoms. The third-order valence-electron chi connectivity index (χ3n) is 1.94. The molecule has 0 saturated carbocycles. The number of imidazole rings is 1. The van der Waals surface area contributed by atoms with Crippen molar-refractivity contribution in [3.8, 4) is 0 Å². The molecule has 0 atom stereocenters. The van der Waals surface area contributed by atoms with E-state index in [4.69, 9.17) is 13.0 Å². The second kappa shape index (κ2) is 3.00. The molecule has 0 aliphatic carbocycles. The van der Waals surface area contributed by atoms with Gasteiger partial charge in [0, 0.05) is 12.2 Å². The molecular weight excluding hydrogens is 186 g/mol. The zero-order valence-corrected chi connectivity index (χ0v) is 8.21. The summed E-state index contributed by atoms with van der Waals surface area (Å²) in [7, 11) is 0. The fraction of sp³-hybridized carbons (Fsp3) is 0.333. The predicted molar refractivity (Wildman–Crippen MR) is 52.9 cm³/mol. The van der Waals surface area contributed by atoms with Crippen molar-refractivity contribution in [2.24, 2.45) is 0 Å². The summed E-state index contributed by atoms with van der Waals surface area (Å²) < 4.78 is 9.34. The first-order chi connectivity index (χ1) is 6.59. The summed E-state index contributed by atoms with van der Waals surface area (Å²) in [6.07, 6.45) is 1.87. The summed E-state index contributed by atoms with van der Waals surface area (Å²) in [5, 5.41) is 0.346. The maximum atomic E-state index is 7.39. The molecule has 68 valence electrons. The van der Waals surface area contributed by atoms with Gasteiger partial charge in [0.1, 0.15) is 5.52 Å². The van der Waals surface area contributed by atoms with Crippen LogP contribution in [-0.2, 0) is 0 Å². The van der Waals surface area contributed by atoms with Crippen LogP contribution >= 0.6 is 11.6 Å². The van der Waals surface area contributed by atoms with E-state index in [2.05, 4.69) is 9.97 Å². The van der Waals surface area contributed by atoms with Gasteiger partial charge in [-0.15, -0.1) is 0 Å². The average molecular weight is 197 g/mol. The number of rotatable bonds is 1. The molecule has 0 unspecified atom stereocenters. The highest BCUT2D eigenvalue weighted by Gasteiger charge is 2.08. The van der Waals surface area contributed by atoms with Gasteiger partial charge < -0.3 is 4.57 Å². The summed E-state index contributed by atoms with van der Waals surface area (Å²) in [4.78, 5) is 8.07. The van der Waals surface area contributed by atoms with Gasteiger partial charge in [0.25, 0.3) is 0 Å². The first-order valence-corrected chi connectivity index (χ1v) is 4.47. The van der Waals surface area contributed by atoms with Crippen molar-refractivity contribution in [2.75, 3.05) is 0 Å². The molecule has 2 aromatic heterocycles. The lowest BCUT2D eigenvalue weighted by atomic mass is 10.3. The molecule has 4 heteroatoms. The Labute approximate surface area is 82.8 Å². The number of pyridine rings is 1. The molecule has 0 spiro atoms. The van der Waals surface area contributed by atoms with Gasteiger partial charge in [-0.1, -0.05) is 11.6 Å². The summed E-state index contributed by atoms with van der Waals surface area (Å²) >= 11 is 5.96.